The Morgan fingerprint density at radius 2 is 2.00 bits per heavy atom. The maximum absolute atomic E-state index is 12.6. The topological polar surface area (TPSA) is 45.7 Å². The van der Waals surface area contributed by atoms with Crippen LogP contribution in [0.4, 0.5) is 5.13 Å². The molecule has 6 heteroatoms. The van der Waals surface area contributed by atoms with Crippen molar-refractivity contribution in [3.05, 3.63) is 41.4 Å². The molecular formula is C18H23N3O2S. The fourth-order valence-electron chi connectivity index (χ4n) is 2.81. The first-order chi connectivity index (χ1) is 11.6. The number of anilines is 1. The predicted octanol–water partition coefficient (Wildman–Crippen LogP) is 2.82. The smallest absolute Gasteiger partial charge is 0.227 e. The summed E-state index contributed by atoms with van der Waals surface area (Å²) in [5.41, 5.74) is 0.957. The highest BCUT2D eigenvalue weighted by molar-refractivity contribution is 7.13. The Hall–Kier alpha value is -2.08. The van der Waals surface area contributed by atoms with Crippen molar-refractivity contribution in [2.45, 2.75) is 26.4 Å². The van der Waals surface area contributed by atoms with Gasteiger partial charge in [-0.1, -0.05) is 18.2 Å². The predicted molar refractivity (Wildman–Crippen MR) is 96.8 cm³/mol. The van der Waals surface area contributed by atoms with Gasteiger partial charge in [0.15, 0.2) is 5.13 Å². The van der Waals surface area contributed by atoms with Crippen molar-refractivity contribution in [2.75, 3.05) is 31.1 Å². The van der Waals surface area contributed by atoms with Crippen molar-refractivity contribution >= 4 is 22.4 Å². The molecule has 1 aliphatic heterocycles. The van der Waals surface area contributed by atoms with Crippen molar-refractivity contribution in [3.8, 4) is 5.75 Å². The van der Waals surface area contributed by atoms with Gasteiger partial charge in [-0.05, 0) is 19.9 Å². The van der Waals surface area contributed by atoms with Gasteiger partial charge in [0.05, 0.1) is 12.5 Å². The molecule has 2 heterocycles. The fraction of sp³-hybridized carbons (Fsp3) is 0.444. The number of rotatable bonds is 5. The monoisotopic (exact) mass is 345 g/mol. The van der Waals surface area contributed by atoms with Gasteiger partial charge in [-0.2, -0.15) is 0 Å². The number of benzene rings is 1. The van der Waals surface area contributed by atoms with E-state index in [9.17, 15) is 4.79 Å². The minimum atomic E-state index is 0.100. The summed E-state index contributed by atoms with van der Waals surface area (Å²) in [4.78, 5) is 21.2. The van der Waals surface area contributed by atoms with Gasteiger partial charge in [-0.15, -0.1) is 11.3 Å². The Labute approximate surface area is 146 Å². The second-order valence-electron chi connectivity index (χ2n) is 6.13. The van der Waals surface area contributed by atoms with E-state index in [1.165, 1.54) is 0 Å². The molecule has 1 aromatic carbocycles. The largest absolute Gasteiger partial charge is 0.491 e. The van der Waals surface area contributed by atoms with Gasteiger partial charge in [0.2, 0.25) is 5.91 Å². The maximum Gasteiger partial charge on any atom is 0.227 e. The minimum Gasteiger partial charge on any atom is -0.491 e. The molecular weight excluding hydrogens is 322 g/mol. The number of hydrogen-bond acceptors (Lipinski definition) is 5. The molecule has 1 fully saturated rings. The molecule has 24 heavy (non-hydrogen) atoms. The highest BCUT2D eigenvalue weighted by atomic mass is 32.1. The lowest BCUT2D eigenvalue weighted by Crippen LogP contribution is -2.49. The van der Waals surface area contributed by atoms with E-state index in [1.807, 2.05) is 54.6 Å². The molecule has 2 aromatic rings. The number of nitrogens with zero attached hydrogens (tertiary/aromatic N) is 3. The van der Waals surface area contributed by atoms with Gasteiger partial charge in [0, 0.05) is 43.3 Å². The third-order valence-electron chi connectivity index (χ3n) is 4.00. The molecule has 0 atom stereocenters. The molecule has 1 amide bonds. The first-order valence-corrected chi connectivity index (χ1v) is 9.18. The van der Waals surface area contributed by atoms with Crippen LogP contribution in [0.1, 0.15) is 19.4 Å². The highest BCUT2D eigenvalue weighted by Crippen LogP contribution is 2.22. The van der Waals surface area contributed by atoms with E-state index in [2.05, 4.69) is 9.88 Å². The Kier molecular flexibility index (Phi) is 5.35. The van der Waals surface area contributed by atoms with Crippen LogP contribution in [-0.4, -0.2) is 48.1 Å². The first-order valence-electron chi connectivity index (χ1n) is 8.30. The number of hydrogen-bond donors (Lipinski definition) is 0. The zero-order chi connectivity index (χ0) is 16.9. The van der Waals surface area contributed by atoms with Gasteiger partial charge >= 0.3 is 0 Å². The number of piperazine rings is 1. The lowest BCUT2D eigenvalue weighted by atomic mass is 10.1. The van der Waals surface area contributed by atoms with Crippen LogP contribution < -0.4 is 9.64 Å². The van der Waals surface area contributed by atoms with Gasteiger partial charge in [0.1, 0.15) is 5.75 Å². The zero-order valence-corrected chi connectivity index (χ0v) is 15.0. The lowest BCUT2D eigenvalue weighted by molar-refractivity contribution is -0.130. The lowest BCUT2D eigenvalue weighted by Gasteiger charge is -2.34. The van der Waals surface area contributed by atoms with Crippen molar-refractivity contribution < 1.29 is 9.53 Å². The molecule has 0 unspecified atom stereocenters. The van der Waals surface area contributed by atoms with Crippen LogP contribution in [0.3, 0.4) is 0 Å². The minimum absolute atomic E-state index is 0.100. The molecule has 0 saturated carbocycles. The van der Waals surface area contributed by atoms with Gasteiger partial charge in [-0.3, -0.25) is 4.79 Å². The van der Waals surface area contributed by atoms with E-state index in [0.717, 1.165) is 42.6 Å². The number of amides is 1. The van der Waals surface area contributed by atoms with Gasteiger partial charge in [0.25, 0.3) is 0 Å². The molecule has 0 radical (unpaired) electrons. The van der Waals surface area contributed by atoms with Crippen LogP contribution in [0.15, 0.2) is 35.8 Å². The first kappa shape index (κ1) is 16.8. The Morgan fingerprint density at radius 1 is 1.25 bits per heavy atom. The highest BCUT2D eigenvalue weighted by Gasteiger charge is 2.23. The molecule has 0 spiro atoms. The van der Waals surface area contributed by atoms with Crippen LogP contribution in [-0.2, 0) is 11.2 Å². The third kappa shape index (κ3) is 4.06. The molecule has 1 aromatic heterocycles. The summed E-state index contributed by atoms with van der Waals surface area (Å²) in [5.74, 6) is 0.968. The third-order valence-corrected chi connectivity index (χ3v) is 4.83. The molecule has 128 valence electrons. The number of ether oxygens (including phenoxy) is 1. The van der Waals surface area contributed by atoms with Crippen molar-refractivity contribution in [2.24, 2.45) is 0 Å². The van der Waals surface area contributed by atoms with E-state index in [-0.39, 0.29) is 12.0 Å². The van der Waals surface area contributed by atoms with Crippen LogP contribution in [0.5, 0.6) is 5.75 Å². The summed E-state index contributed by atoms with van der Waals surface area (Å²) in [6.07, 6.45) is 2.31. The summed E-state index contributed by atoms with van der Waals surface area (Å²) in [6.45, 7) is 7.15. The van der Waals surface area contributed by atoms with E-state index >= 15 is 0 Å². The van der Waals surface area contributed by atoms with E-state index in [0.29, 0.717) is 6.42 Å². The van der Waals surface area contributed by atoms with Crippen LogP contribution in [0.2, 0.25) is 0 Å². The Bertz CT molecular complexity index is 665. The molecule has 0 bridgehead atoms. The summed E-state index contributed by atoms with van der Waals surface area (Å²) < 4.78 is 5.81. The number of aromatic nitrogens is 1. The Balaban J connectivity index is 1.58. The van der Waals surface area contributed by atoms with Gasteiger partial charge in [-0.25, -0.2) is 4.98 Å². The SMILES string of the molecule is CC(C)Oc1ccccc1CC(=O)N1CCN(c2nccs2)CC1. The number of thiazole rings is 1. The van der Waals surface area contributed by atoms with Crippen molar-refractivity contribution in [3.63, 3.8) is 0 Å². The van der Waals surface area contributed by atoms with E-state index in [1.54, 1.807) is 11.3 Å². The number of para-hydroxylation sites is 1. The van der Waals surface area contributed by atoms with Crippen LogP contribution in [0, 0.1) is 0 Å². The van der Waals surface area contributed by atoms with Crippen LogP contribution >= 0.6 is 11.3 Å². The average molecular weight is 345 g/mol. The average Bonchev–Trinajstić information content (AvgIpc) is 3.11. The number of carbonyl (C=O) groups is 1. The quantitative estimate of drug-likeness (QED) is 0.836. The second kappa shape index (κ2) is 7.66. The normalized spacial score (nSPS) is 15.0. The summed E-state index contributed by atoms with van der Waals surface area (Å²) >= 11 is 1.64. The molecule has 5 nitrogen and oxygen atoms in total. The van der Waals surface area contributed by atoms with Gasteiger partial charge < -0.3 is 14.5 Å². The summed E-state index contributed by atoms with van der Waals surface area (Å²) in [6, 6.07) is 7.80. The maximum atomic E-state index is 12.6. The zero-order valence-electron chi connectivity index (χ0n) is 14.1. The molecule has 0 N–H and O–H groups in total. The van der Waals surface area contributed by atoms with E-state index in [4.69, 9.17) is 4.74 Å². The summed E-state index contributed by atoms with van der Waals surface area (Å²) in [7, 11) is 0. The Morgan fingerprint density at radius 3 is 2.67 bits per heavy atom. The van der Waals surface area contributed by atoms with E-state index < -0.39 is 0 Å². The molecule has 1 aliphatic rings. The standard InChI is InChI=1S/C18H23N3O2S/c1-14(2)23-16-6-4-3-5-15(16)13-17(22)20-8-10-21(11-9-20)18-19-7-12-24-18/h3-7,12,14H,8-11,13H2,1-2H3. The number of carbonyl (C=O) groups excluding carboxylic acids is 1. The molecule has 0 aliphatic carbocycles. The second-order valence-corrected chi connectivity index (χ2v) is 7.01. The van der Waals surface area contributed by atoms with Crippen molar-refractivity contribution in [1.82, 2.24) is 9.88 Å². The van der Waals surface area contributed by atoms with Crippen LogP contribution in [0.25, 0.3) is 0 Å². The molecule has 1 saturated heterocycles. The van der Waals surface area contributed by atoms with Crippen molar-refractivity contribution in [1.29, 1.82) is 0 Å². The molecule has 3 rings (SSSR count). The fourth-order valence-corrected chi connectivity index (χ4v) is 3.51. The summed E-state index contributed by atoms with van der Waals surface area (Å²) in [5, 5.41) is 3.02.